The Morgan fingerprint density at radius 1 is 1.04 bits per heavy atom. The molecule has 1 aromatic carbocycles. The van der Waals surface area contributed by atoms with Crippen molar-refractivity contribution in [3.05, 3.63) is 29.8 Å². The molecule has 0 radical (unpaired) electrons. The van der Waals surface area contributed by atoms with Gasteiger partial charge in [0.25, 0.3) is 5.91 Å². The van der Waals surface area contributed by atoms with Gasteiger partial charge in [0.2, 0.25) is 0 Å². The number of nitrogens with zero attached hydrogens (tertiary/aromatic N) is 4. The summed E-state index contributed by atoms with van der Waals surface area (Å²) in [6, 6.07) is 7.92. The standard InChI is InChI=1S/C19H28N4O2/c1-20(2)16-7-5-6-15(10-16)18(24)23-12-14-8-9-17(23)13-22(11-14)19(25)21(3)4/h5-7,10,14,17H,8-9,11-13H2,1-4H3/t14-,17+/m1/s1. The molecule has 3 saturated heterocycles. The maximum atomic E-state index is 13.1. The van der Waals surface area contributed by atoms with Crippen molar-refractivity contribution in [2.24, 2.45) is 5.92 Å². The van der Waals surface area contributed by atoms with E-state index in [2.05, 4.69) is 0 Å². The third kappa shape index (κ3) is 3.57. The van der Waals surface area contributed by atoms with E-state index in [9.17, 15) is 9.59 Å². The maximum absolute atomic E-state index is 13.1. The third-order valence-electron chi connectivity index (χ3n) is 5.24. The molecule has 0 spiro atoms. The molecule has 0 unspecified atom stereocenters. The second-order valence-corrected chi connectivity index (χ2v) is 7.58. The molecule has 136 valence electrons. The topological polar surface area (TPSA) is 47.1 Å². The highest BCUT2D eigenvalue weighted by Gasteiger charge is 2.39. The van der Waals surface area contributed by atoms with Crippen LogP contribution in [0, 0.1) is 5.92 Å². The van der Waals surface area contributed by atoms with Crippen molar-refractivity contribution < 1.29 is 9.59 Å². The van der Waals surface area contributed by atoms with E-state index in [0.717, 1.165) is 37.2 Å². The van der Waals surface area contributed by atoms with Crippen molar-refractivity contribution in [1.29, 1.82) is 0 Å². The summed E-state index contributed by atoms with van der Waals surface area (Å²) in [6.07, 6.45) is 2.06. The molecule has 0 aliphatic carbocycles. The van der Waals surface area contributed by atoms with Crippen molar-refractivity contribution >= 4 is 17.6 Å². The zero-order valence-electron chi connectivity index (χ0n) is 15.6. The van der Waals surface area contributed by atoms with Crippen LogP contribution in [-0.2, 0) is 0 Å². The van der Waals surface area contributed by atoms with Crippen molar-refractivity contribution in [3.63, 3.8) is 0 Å². The zero-order valence-corrected chi connectivity index (χ0v) is 15.6. The van der Waals surface area contributed by atoms with Gasteiger partial charge in [-0.05, 0) is 37.0 Å². The Morgan fingerprint density at radius 2 is 1.80 bits per heavy atom. The number of urea groups is 1. The van der Waals surface area contributed by atoms with Gasteiger partial charge in [-0.25, -0.2) is 4.79 Å². The fourth-order valence-corrected chi connectivity index (χ4v) is 3.85. The lowest BCUT2D eigenvalue weighted by atomic mass is 9.94. The molecule has 3 aliphatic rings. The predicted octanol–water partition coefficient (Wildman–Crippen LogP) is 1.97. The van der Waals surface area contributed by atoms with Crippen molar-refractivity contribution in [1.82, 2.24) is 14.7 Å². The molecule has 6 nitrogen and oxygen atoms in total. The normalized spacial score (nSPS) is 22.6. The molecular formula is C19H28N4O2. The van der Waals surface area contributed by atoms with Crippen molar-refractivity contribution in [2.75, 3.05) is 52.7 Å². The number of piperidine rings is 1. The number of hydrogen-bond donors (Lipinski definition) is 0. The van der Waals surface area contributed by atoms with E-state index in [0.29, 0.717) is 12.5 Å². The smallest absolute Gasteiger partial charge is 0.319 e. The number of fused-ring (bicyclic) bond motifs is 4. The van der Waals surface area contributed by atoms with Crippen LogP contribution in [-0.4, -0.2) is 80.5 Å². The Balaban J connectivity index is 1.80. The van der Waals surface area contributed by atoms with Crippen LogP contribution in [0.5, 0.6) is 0 Å². The molecule has 25 heavy (non-hydrogen) atoms. The summed E-state index contributed by atoms with van der Waals surface area (Å²) in [6.45, 7) is 2.12. The molecule has 0 saturated carbocycles. The van der Waals surface area contributed by atoms with Crippen LogP contribution in [0.3, 0.4) is 0 Å². The Hall–Kier alpha value is -2.24. The number of carbonyl (C=O) groups excluding carboxylic acids is 2. The molecule has 2 bridgehead atoms. The largest absolute Gasteiger partial charge is 0.378 e. The number of carbonyl (C=O) groups is 2. The predicted molar refractivity (Wildman–Crippen MR) is 99.0 cm³/mol. The first-order valence-corrected chi connectivity index (χ1v) is 8.91. The average molecular weight is 344 g/mol. The molecular weight excluding hydrogens is 316 g/mol. The summed E-state index contributed by atoms with van der Waals surface area (Å²) >= 11 is 0. The summed E-state index contributed by atoms with van der Waals surface area (Å²) < 4.78 is 0. The first-order chi connectivity index (χ1) is 11.9. The number of anilines is 1. The van der Waals surface area contributed by atoms with Crippen LogP contribution in [0.2, 0.25) is 0 Å². The van der Waals surface area contributed by atoms with E-state index >= 15 is 0 Å². The van der Waals surface area contributed by atoms with E-state index in [4.69, 9.17) is 0 Å². The molecule has 2 atom stereocenters. The molecule has 4 rings (SSSR count). The summed E-state index contributed by atoms with van der Waals surface area (Å²) in [5, 5.41) is 0. The van der Waals surface area contributed by atoms with E-state index in [-0.39, 0.29) is 18.0 Å². The Bertz CT molecular complexity index is 659. The van der Waals surface area contributed by atoms with Gasteiger partial charge in [0.1, 0.15) is 0 Å². The van der Waals surface area contributed by atoms with Gasteiger partial charge in [-0.1, -0.05) is 6.07 Å². The summed E-state index contributed by atoms with van der Waals surface area (Å²) in [4.78, 5) is 33.0. The van der Waals surface area contributed by atoms with E-state index in [1.54, 1.807) is 19.0 Å². The highest BCUT2D eigenvalue weighted by atomic mass is 16.2. The quantitative estimate of drug-likeness (QED) is 0.824. The van der Waals surface area contributed by atoms with Crippen LogP contribution in [0.25, 0.3) is 0 Å². The van der Waals surface area contributed by atoms with Gasteiger partial charge in [0.15, 0.2) is 0 Å². The molecule has 1 aromatic rings. The zero-order chi connectivity index (χ0) is 18.1. The molecule has 0 aromatic heterocycles. The minimum absolute atomic E-state index is 0.0424. The first-order valence-electron chi connectivity index (χ1n) is 8.91. The molecule has 3 aliphatic heterocycles. The van der Waals surface area contributed by atoms with E-state index in [1.807, 2.05) is 53.1 Å². The first kappa shape index (κ1) is 17.6. The fraction of sp³-hybridized carbons (Fsp3) is 0.579. The van der Waals surface area contributed by atoms with Gasteiger partial charge in [-0.3, -0.25) is 4.79 Å². The Labute approximate surface area is 150 Å². The summed E-state index contributed by atoms with van der Waals surface area (Å²) in [5.74, 6) is 0.446. The van der Waals surface area contributed by atoms with Gasteiger partial charge in [-0.15, -0.1) is 0 Å². The van der Waals surface area contributed by atoms with E-state index < -0.39 is 0 Å². The SMILES string of the molecule is CN(C)C(=O)N1C[C@H]2CC[C@@H](C1)N(C(=O)c1cccc(N(C)C)c1)C2. The lowest BCUT2D eigenvalue weighted by molar-refractivity contribution is 0.0586. The number of benzene rings is 1. The minimum atomic E-state index is 0.0424. The summed E-state index contributed by atoms with van der Waals surface area (Å²) in [5.41, 5.74) is 1.75. The van der Waals surface area contributed by atoms with Crippen LogP contribution in [0.1, 0.15) is 23.2 Å². The third-order valence-corrected chi connectivity index (χ3v) is 5.24. The maximum Gasteiger partial charge on any atom is 0.319 e. The second kappa shape index (κ2) is 6.94. The Kier molecular flexibility index (Phi) is 4.88. The van der Waals surface area contributed by atoms with Crippen molar-refractivity contribution in [2.45, 2.75) is 18.9 Å². The highest BCUT2D eigenvalue weighted by Crippen LogP contribution is 2.30. The van der Waals surface area contributed by atoms with Gasteiger partial charge in [0, 0.05) is 65.1 Å². The Morgan fingerprint density at radius 3 is 2.48 bits per heavy atom. The average Bonchev–Trinajstić information content (AvgIpc) is 2.92. The molecule has 3 heterocycles. The fourth-order valence-electron chi connectivity index (χ4n) is 3.85. The van der Waals surface area contributed by atoms with Gasteiger partial charge in [0.05, 0.1) is 0 Å². The highest BCUT2D eigenvalue weighted by molar-refractivity contribution is 5.95. The second-order valence-electron chi connectivity index (χ2n) is 7.58. The van der Waals surface area contributed by atoms with Crippen LogP contribution < -0.4 is 4.90 Å². The lowest BCUT2D eigenvalue weighted by Gasteiger charge is -2.36. The van der Waals surface area contributed by atoms with Gasteiger partial charge >= 0.3 is 6.03 Å². The molecule has 3 fully saturated rings. The number of amides is 3. The van der Waals surface area contributed by atoms with E-state index in [1.165, 1.54) is 0 Å². The lowest BCUT2D eigenvalue weighted by Crippen LogP contribution is -2.48. The molecule has 0 N–H and O–H groups in total. The minimum Gasteiger partial charge on any atom is -0.378 e. The van der Waals surface area contributed by atoms with Crippen molar-refractivity contribution in [3.8, 4) is 0 Å². The van der Waals surface area contributed by atoms with Gasteiger partial charge in [-0.2, -0.15) is 0 Å². The number of hydrogen-bond acceptors (Lipinski definition) is 3. The molecule has 3 amide bonds. The van der Waals surface area contributed by atoms with Crippen LogP contribution in [0.15, 0.2) is 24.3 Å². The van der Waals surface area contributed by atoms with Crippen LogP contribution >= 0.6 is 0 Å². The number of rotatable bonds is 2. The monoisotopic (exact) mass is 344 g/mol. The summed E-state index contributed by atoms with van der Waals surface area (Å²) in [7, 11) is 7.51. The van der Waals surface area contributed by atoms with Crippen LogP contribution in [0.4, 0.5) is 10.5 Å². The molecule has 6 heteroatoms. The van der Waals surface area contributed by atoms with Gasteiger partial charge < -0.3 is 19.6 Å².